The van der Waals surface area contributed by atoms with Crippen molar-refractivity contribution in [3.63, 3.8) is 0 Å². The molecule has 0 aliphatic carbocycles. The number of ether oxygens (including phenoxy) is 2. The SMILES string of the molecule is COCCOc1ccc(C(=O)NCCCN)cc1. The van der Waals surface area contributed by atoms with Crippen molar-refractivity contribution in [2.45, 2.75) is 6.42 Å². The Bertz CT molecular complexity index is 352. The van der Waals surface area contributed by atoms with E-state index in [0.717, 1.165) is 12.2 Å². The van der Waals surface area contributed by atoms with Gasteiger partial charge in [0.2, 0.25) is 0 Å². The van der Waals surface area contributed by atoms with Gasteiger partial charge in [-0.1, -0.05) is 0 Å². The molecule has 0 heterocycles. The Morgan fingerprint density at radius 3 is 2.61 bits per heavy atom. The van der Waals surface area contributed by atoms with Crippen molar-refractivity contribution in [1.29, 1.82) is 0 Å². The lowest BCUT2D eigenvalue weighted by molar-refractivity contribution is 0.0953. The number of amides is 1. The molecule has 0 aromatic heterocycles. The summed E-state index contributed by atoms with van der Waals surface area (Å²) < 4.78 is 10.3. The second-order valence-corrected chi connectivity index (χ2v) is 3.76. The molecule has 1 aromatic rings. The van der Waals surface area contributed by atoms with Crippen LogP contribution < -0.4 is 15.8 Å². The molecule has 100 valence electrons. The second kappa shape index (κ2) is 8.49. The summed E-state index contributed by atoms with van der Waals surface area (Å²) in [6.07, 6.45) is 0.782. The third-order valence-electron chi connectivity index (χ3n) is 2.34. The van der Waals surface area contributed by atoms with E-state index in [1.54, 1.807) is 31.4 Å². The van der Waals surface area contributed by atoms with Crippen LogP contribution in [0.3, 0.4) is 0 Å². The molecule has 0 radical (unpaired) electrons. The van der Waals surface area contributed by atoms with Crippen LogP contribution in [0.5, 0.6) is 5.75 Å². The number of rotatable bonds is 8. The second-order valence-electron chi connectivity index (χ2n) is 3.76. The van der Waals surface area contributed by atoms with E-state index < -0.39 is 0 Å². The minimum Gasteiger partial charge on any atom is -0.491 e. The smallest absolute Gasteiger partial charge is 0.251 e. The Kier molecular flexibility index (Phi) is 6.83. The van der Waals surface area contributed by atoms with Crippen molar-refractivity contribution in [2.75, 3.05) is 33.4 Å². The maximum atomic E-state index is 11.7. The summed E-state index contributed by atoms with van der Waals surface area (Å²) in [5.41, 5.74) is 5.97. The highest BCUT2D eigenvalue weighted by Gasteiger charge is 2.04. The molecule has 1 amide bonds. The van der Waals surface area contributed by atoms with E-state index >= 15 is 0 Å². The van der Waals surface area contributed by atoms with Gasteiger partial charge in [0, 0.05) is 19.2 Å². The zero-order chi connectivity index (χ0) is 13.2. The molecule has 18 heavy (non-hydrogen) atoms. The highest BCUT2D eigenvalue weighted by molar-refractivity contribution is 5.94. The molecule has 1 rings (SSSR count). The van der Waals surface area contributed by atoms with E-state index in [-0.39, 0.29) is 5.91 Å². The maximum absolute atomic E-state index is 11.7. The van der Waals surface area contributed by atoms with Gasteiger partial charge in [0.15, 0.2) is 0 Å². The van der Waals surface area contributed by atoms with Gasteiger partial charge in [-0.3, -0.25) is 4.79 Å². The number of benzene rings is 1. The highest BCUT2D eigenvalue weighted by Crippen LogP contribution is 2.11. The molecule has 0 bridgehead atoms. The summed E-state index contributed by atoms with van der Waals surface area (Å²) in [7, 11) is 1.62. The van der Waals surface area contributed by atoms with Gasteiger partial charge in [0.25, 0.3) is 5.91 Å². The van der Waals surface area contributed by atoms with Crippen LogP contribution in [-0.4, -0.2) is 39.3 Å². The lowest BCUT2D eigenvalue weighted by Crippen LogP contribution is -2.25. The van der Waals surface area contributed by atoms with Crippen molar-refractivity contribution in [1.82, 2.24) is 5.32 Å². The number of hydrogen-bond acceptors (Lipinski definition) is 4. The van der Waals surface area contributed by atoms with E-state index in [4.69, 9.17) is 15.2 Å². The van der Waals surface area contributed by atoms with Gasteiger partial charge < -0.3 is 20.5 Å². The zero-order valence-corrected chi connectivity index (χ0v) is 10.6. The Morgan fingerprint density at radius 1 is 1.28 bits per heavy atom. The molecular formula is C13H20N2O3. The molecule has 5 nitrogen and oxygen atoms in total. The predicted molar refractivity (Wildman–Crippen MR) is 69.8 cm³/mol. The lowest BCUT2D eigenvalue weighted by atomic mass is 10.2. The summed E-state index contributed by atoms with van der Waals surface area (Å²) in [4.78, 5) is 11.7. The van der Waals surface area contributed by atoms with Crippen molar-refractivity contribution in [3.8, 4) is 5.75 Å². The van der Waals surface area contributed by atoms with Crippen LogP contribution in [0.25, 0.3) is 0 Å². The monoisotopic (exact) mass is 252 g/mol. The Labute approximate surface area is 107 Å². The Balaban J connectivity index is 2.41. The molecule has 5 heteroatoms. The van der Waals surface area contributed by atoms with Gasteiger partial charge in [0.1, 0.15) is 12.4 Å². The lowest BCUT2D eigenvalue weighted by Gasteiger charge is -2.07. The Hall–Kier alpha value is -1.59. The molecule has 0 aliphatic heterocycles. The largest absolute Gasteiger partial charge is 0.491 e. The first kappa shape index (κ1) is 14.5. The molecule has 3 N–H and O–H groups in total. The van der Waals surface area contributed by atoms with E-state index in [9.17, 15) is 4.79 Å². The standard InChI is InChI=1S/C13H20N2O3/c1-17-9-10-18-12-5-3-11(4-6-12)13(16)15-8-2-7-14/h3-6H,2,7-10,14H2,1H3,(H,15,16). The van der Waals surface area contributed by atoms with E-state index in [1.807, 2.05) is 0 Å². The van der Waals surface area contributed by atoms with Crippen LogP contribution in [0.1, 0.15) is 16.8 Å². The maximum Gasteiger partial charge on any atom is 0.251 e. The third-order valence-corrected chi connectivity index (χ3v) is 2.34. The number of nitrogens with one attached hydrogen (secondary N) is 1. The molecule has 0 fully saturated rings. The normalized spacial score (nSPS) is 10.1. The highest BCUT2D eigenvalue weighted by atomic mass is 16.5. The fourth-order valence-electron chi connectivity index (χ4n) is 1.35. The molecular weight excluding hydrogens is 232 g/mol. The van der Waals surface area contributed by atoms with Crippen molar-refractivity contribution < 1.29 is 14.3 Å². The fourth-order valence-corrected chi connectivity index (χ4v) is 1.35. The number of hydrogen-bond donors (Lipinski definition) is 2. The molecule has 0 saturated carbocycles. The van der Waals surface area contributed by atoms with Gasteiger partial charge >= 0.3 is 0 Å². The number of nitrogens with two attached hydrogens (primary N) is 1. The van der Waals surface area contributed by atoms with Crippen LogP contribution in [-0.2, 0) is 4.74 Å². The van der Waals surface area contributed by atoms with E-state index in [2.05, 4.69) is 5.32 Å². The topological polar surface area (TPSA) is 73.6 Å². The quantitative estimate of drug-likeness (QED) is 0.671. The molecule has 0 aliphatic rings. The predicted octanol–water partition coefficient (Wildman–Crippen LogP) is 0.790. The number of carbonyl (C=O) groups is 1. The first-order valence-electron chi connectivity index (χ1n) is 5.98. The average Bonchev–Trinajstić information content (AvgIpc) is 2.40. The van der Waals surface area contributed by atoms with Crippen LogP contribution >= 0.6 is 0 Å². The fraction of sp³-hybridized carbons (Fsp3) is 0.462. The summed E-state index contributed by atoms with van der Waals surface area (Å²) in [5, 5.41) is 2.79. The Morgan fingerprint density at radius 2 is 2.00 bits per heavy atom. The minimum atomic E-state index is -0.0908. The van der Waals surface area contributed by atoms with Gasteiger partial charge in [-0.05, 0) is 37.2 Å². The molecule has 0 spiro atoms. The minimum absolute atomic E-state index is 0.0908. The summed E-state index contributed by atoms with van der Waals surface area (Å²) in [5.74, 6) is 0.637. The summed E-state index contributed by atoms with van der Waals surface area (Å²) in [6, 6.07) is 7.01. The first-order valence-corrected chi connectivity index (χ1v) is 5.98. The van der Waals surface area contributed by atoms with Gasteiger partial charge in [0.05, 0.1) is 6.61 Å². The van der Waals surface area contributed by atoms with Crippen LogP contribution in [0.15, 0.2) is 24.3 Å². The van der Waals surface area contributed by atoms with Crippen molar-refractivity contribution in [2.24, 2.45) is 5.73 Å². The molecule has 0 atom stereocenters. The van der Waals surface area contributed by atoms with Crippen molar-refractivity contribution in [3.05, 3.63) is 29.8 Å². The average molecular weight is 252 g/mol. The molecule has 0 unspecified atom stereocenters. The van der Waals surface area contributed by atoms with Crippen LogP contribution in [0.4, 0.5) is 0 Å². The summed E-state index contributed by atoms with van der Waals surface area (Å²) in [6.45, 7) is 2.22. The van der Waals surface area contributed by atoms with Crippen LogP contribution in [0.2, 0.25) is 0 Å². The van der Waals surface area contributed by atoms with Gasteiger partial charge in [-0.2, -0.15) is 0 Å². The summed E-state index contributed by atoms with van der Waals surface area (Å²) >= 11 is 0. The molecule has 0 saturated heterocycles. The number of carbonyl (C=O) groups excluding carboxylic acids is 1. The first-order chi connectivity index (χ1) is 8.77. The van der Waals surface area contributed by atoms with Crippen LogP contribution in [0, 0.1) is 0 Å². The van der Waals surface area contributed by atoms with Crippen molar-refractivity contribution >= 4 is 5.91 Å². The van der Waals surface area contributed by atoms with Gasteiger partial charge in [-0.15, -0.1) is 0 Å². The van der Waals surface area contributed by atoms with Gasteiger partial charge in [-0.25, -0.2) is 0 Å². The number of methoxy groups -OCH3 is 1. The zero-order valence-electron chi connectivity index (χ0n) is 10.6. The molecule has 1 aromatic carbocycles. The van der Waals surface area contributed by atoms with E-state index in [1.165, 1.54) is 0 Å². The van der Waals surface area contributed by atoms with E-state index in [0.29, 0.717) is 31.9 Å². The third kappa shape index (κ3) is 5.16.